The minimum atomic E-state index is -3.59. The van der Waals surface area contributed by atoms with Crippen LogP contribution >= 0.6 is 23.1 Å². The highest BCUT2D eigenvalue weighted by atomic mass is 32.2. The van der Waals surface area contributed by atoms with Gasteiger partial charge in [-0.2, -0.15) is 0 Å². The first kappa shape index (κ1) is 23.2. The molecule has 0 saturated carbocycles. The van der Waals surface area contributed by atoms with Gasteiger partial charge in [0.2, 0.25) is 15.2 Å². The van der Waals surface area contributed by atoms with Crippen LogP contribution in [0.2, 0.25) is 0 Å². The number of hydrogen-bond acceptors (Lipinski definition) is 8. The Morgan fingerprint density at radius 3 is 2.58 bits per heavy atom. The summed E-state index contributed by atoms with van der Waals surface area (Å²) in [5.41, 5.74) is 1.38. The van der Waals surface area contributed by atoms with Gasteiger partial charge in [0, 0.05) is 17.9 Å². The quantitative estimate of drug-likeness (QED) is 0.454. The number of nitrogens with one attached hydrogen (secondary N) is 2. The van der Waals surface area contributed by atoms with Crippen molar-refractivity contribution in [1.82, 2.24) is 14.9 Å². The molecule has 0 unspecified atom stereocenters. The number of sulfonamides is 1. The first-order chi connectivity index (χ1) is 14.8. The third-order valence-corrected chi connectivity index (χ3v) is 7.40. The summed E-state index contributed by atoms with van der Waals surface area (Å²) in [5.74, 6) is 0.117. The van der Waals surface area contributed by atoms with E-state index < -0.39 is 10.0 Å². The van der Waals surface area contributed by atoms with Gasteiger partial charge in [-0.25, -0.2) is 13.1 Å². The Morgan fingerprint density at radius 2 is 1.90 bits per heavy atom. The molecule has 164 valence electrons. The van der Waals surface area contributed by atoms with Crippen molar-refractivity contribution in [3.8, 4) is 5.75 Å². The summed E-state index contributed by atoms with van der Waals surface area (Å²) in [6, 6.07) is 12.0. The molecule has 1 heterocycles. The van der Waals surface area contributed by atoms with E-state index in [-0.39, 0.29) is 17.3 Å². The second kappa shape index (κ2) is 10.2. The van der Waals surface area contributed by atoms with Gasteiger partial charge in [-0.15, -0.1) is 22.0 Å². The summed E-state index contributed by atoms with van der Waals surface area (Å²) in [5, 5.41) is 11.6. The van der Waals surface area contributed by atoms with Crippen LogP contribution in [-0.4, -0.2) is 44.4 Å². The van der Waals surface area contributed by atoms with E-state index in [2.05, 4.69) is 20.2 Å². The Balaban J connectivity index is 1.58. The molecule has 3 aromatic rings. The number of nitrogens with zero attached hydrogens (tertiary/aromatic N) is 2. The van der Waals surface area contributed by atoms with Crippen molar-refractivity contribution in [3.63, 3.8) is 0 Å². The van der Waals surface area contributed by atoms with Crippen LogP contribution in [0, 0.1) is 6.92 Å². The first-order valence-corrected chi connectivity index (χ1v) is 12.8. The minimum absolute atomic E-state index is 0.169. The second-order valence-corrected chi connectivity index (χ2v) is 10.2. The molecule has 0 aliphatic carbocycles. The van der Waals surface area contributed by atoms with E-state index in [0.717, 1.165) is 10.5 Å². The predicted octanol–water partition coefficient (Wildman–Crippen LogP) is 3.35. The van der Waals surface area contributed by atoms with Crippen molar-refractivity contribution in [3.05, 3.63) is 58.6 Å². The summed E-state index contributed by atoms with van der Waals surface area (Å²) in [6.07, 6.45) is 2.29. The zero-order chi connectivity index (χ0) is 22.4. The molecule has 0 saturated heterocycles. The number of amides is 1. The monoisotopic (exact) mass is 478 g/mol. The number of rotatable bonds is 9. The Kier molecular flexibility index (Phi) is 7.65. The maximum Gasteiger partial charge on any atom is 0.261 e. The highest BCUT2D eigenvalue weighted by Gasteiger charge is 2.16. The molecule has 0 fully saturated rings. The summed E-state index contributed by atoms with van der Waals surface area (Å²) < 4.78 is 32.5. The van der Waals surface area contributed by atoms with Crippen LogP contribution in [0.5, 0.6) is 5.75 Å². The maximum atomic E-state index is 12.6. The Labute approximate surface area is 189 Å². The molecule has 0 bridgehead atoms. The van der Waals surface area contributed by atoms with E-state index in [1.807, 2.05) is 19.2 Å². The molecule has 3 rings (SSSR count). The Hall–Kier alpha value is -2.47. The average molecular weight is 479 g/mol. The molecule has 2 aromatic carbocycles. The van der Waals surface area contributed by atoms with Crippen molar-refractivity contribution < 1.29 is 17.9 Å². The van der Waals surface area contributed by atoms with E-state index in [9.17, 15) is 13.2 Å². The van der Waals surface area contributed by atoms with Crippen molar-refractivity contribution in [1.29, 1.82) is 0 Å². The number of carbonyl (C=O) groups is 1. The lowest BCUT2D eigenvalue weighted by Crippen LogP contribution is -2.25. The maximum absolute atomic E-state index is 12.6. The van der Waals surface area contributed by atoms with Gasteiger partial charge in [0.1, 0.15) is 10.8 Å². The van der Waals surface area contributed by atoms with Crippen LogP contribution in [0.15, 0.2) is 52.3 Å². The molecular weight excluding hydrogens is 456 g/mol. The molecule has 1 amide bonds. The second-order valence-electron chi connectivity index (χ2n) is 6.48. The smallest absolute Gasteiger partial charge is 0.261 e. The van der Waals surface area contributed by atoms with Gasteiger partial charge in [-0.1, -0.05) is 29.0 Å². The fourth-order valence-corrected chi connectivity index (χ4v) is 4.84. The number of methoxy groups -OCH3 is 1. The number of aryl methyl sites for hydroxylation is 1. The number of hydrogen-bond donors (Lipinski definition) is 2. The number of ether oxygens (including phenoxy) is 1. The van der Waals surface area contributed by atoms with Crippen LogP contribution in [0.25, 0.3) is 0 Å². The number of anilines is 1. The number of benzene rings is 2. The van der Waals surface area contributed by atoms with Crippen molar-refractivity contribution in [2.24, 2.45) is 0 Å². The molecule has 8 nitrogen and oxygen atoms in total. The van der Waals surface area contributed by atoms with Gasteiger partial charge >= 0.3 is 0 Å². The van der Waals surface area contributed by atoms with Crippen LogP contribution in [0.1, 0.15) is 20.9 Å². The highest BCUT2D eigenvalue weighted by Crippen LogP contribution is 2.26. The van der Waals surface area contributed by atoms with Crippen molar-refractivity contribution in [2.75, 3.05) is 25.2 Å². The van der Waals surface area contributed by atoms with E-state index in [1.54, 1.807) is 48.2 Å². The zero-order valence-electron chi connectivity index (χ0n) is 17.2. The minimum Gasteiger partial charge on any atom is -0.496 e. The van der Waals surface area contributed by atoms with Gasteiger partial charge < -0.3 is 4.74 Å². The molecule has 0 spiro atoms. The average Bonchev–Trinajstić information content (AvgIpc) is 3.20. The molecule has 31 heavy (non-hydrogen) atoms. The van der Waals surface area contributed by atoms with E-state index in [1.165, 1.54) is 18.4 Å². The number of aromatic nitrogens is 2. The van der Waals surface area contributed by atoms with Crippen LogP contribution in [-0.2, 0) is 16.4 Å². The molecule has 0 atom stereocenters. The first-order valence-electron chi connectivity index (χ1n) is 9.24. The lowest BCUT2D eigenvalue weighted by molar-refractivity contribution is 0.102. The van der Waals surface area contributed by atoms with Crippen LogP contribution in [0.4, 0.5) is 5.13 Å². The van der Waals surface area contributed by atoms with Gasteiger partial charge in [-0.3, -0.25) is 10.1 Å². The molecular formula is C20H22N4O4S3. The summed E-state index contributed by atoms with van der Waals surface area (Å²) in [6.45, 7) is 2.06. The topological polar surface area (TPSA) is 110 Å². The molecule has 0 aliphatic heterocycles. The lowest BCUT2D eigenvalue weighted by Gasteiger charge is -2.09. The molecule has 1 aromatic heterocycles. The predicted molar refractivity (Wildman–Crippen MR) is 123 cm³/mol. The fraction of sp³-hybridized carbons (Fsp3) is 0.250. The van der Waals surface area contributed by atoms with Crippen LogP contribution < -0.4 is 14.8 Å². The third-order valence-electron chi connectivity index (χ3n) is 4.30. The molecule has 0 radical (unpaired) electrons. The standard InChI is InChI=1S/C20H22N4O4S3/c1-13-4-7-15(8-5-13)31(26,27)21-11-10-18-23-24-20(30-18)22-19(25)16-9-6-14(29-3)12-17(16)28-2/h4-9,12,21H,10-11H2,1-3H3,(H,22,24,25). The lowest BCUT2D eigenvalue weighted by atomic mass is 10.2. The van der Waals surface area contributed by atoms with Gasteiger partial charge in [0.25, 0.3) is 5.91 Å². The van der Waals surface area contributed by atoms with Gasteiger partial charge in [-0.05, 0) is 43.5 Å². The molecule has 11 heteroatoms. The van der Waals surface area contributed by atoms with Crippen molar-refractivity contribution >= 4 is 44.2 Å². The van der Waals surface area contributed by atoms with E-state index in [4.69, 9.17) is 4.74 Å². The molecule has 2 N–H and O–H groups in total. The summed E-state index contributed by atoms with van der Waals surface area (Å²) in [4.78, 5) is 13.8. The van der Waals surface area contributed by atoms with Gasteiger partial charge in [0.15, 0.2) is 0 Å². The largest absolute Gasteiger partial charge is 0.496 e. The normalized spacial score (nSPS) is 11.3. The van der Waals surface area contributed by atoms with E-state index in [0.29, 0.717) is 27.9 Å². The summed E-state index contributed by atoms with van der Waals surface area (Å²) >= 11 is 2.75. The Morgan fingerprint density at radius 1 is 1.16 bits per heavy atom. The number of thioether (sulfide) groups is 1. The zero-order valence-corrected chi connectivity index (χ0v) is 19.7. The SMILES string of the molecule is COc1cc(SC)ccc1C(=O)Nc1nnc(CCNS(=O)(=O)c2ccc(C)cc2)s1. The van der Waals surface area contributed by atoms with Crippen molar-refractivity contribution in [2.45, 2.75) is 23.1 Å². The third kappa shape index (κ3) is 6.03. The van der Waals surface area contributed by atoms with Gasteiger partial charge in [0.05, 0.1) is 17.6 Å². The number of carbonyl (C=O) groups excluding carboxylic acids is 1. The molecule has 0 aliphatic rings. The Bertz CT molecular complexity index is 1160. The fourth-order valence-electron chi connectivity index (χ4n) is 2.65. The van der Waals surface area contributed by atoms with Crippen LogP contribution in [0.3, 0.4) is 0 Å². The van der Waals surface area contributed by atoms with E-state index >= 15 is 0 Å². The summed E-state index contributed by atoms with van der Waals surface area (Å²) in [7, 11) is -2.08. The highest BCUT2D eigenvalue weighted by molar-refractivity contribution is 7.98.